The van der Waals surface area contributed by atoms with E-state index in [1.165, 1.54) is 29.2 Å². The molecule has 0 fully saturated rings. The van der Waals surface area contributed by atoms with Crippen molar-refractivity contribution in [3.05, 3.63) is 88.4 Å². The third-order valence-corrected chi connectivity index (χ3v) is 8.75. The molecule has 1 atom stereocenters. The first-order valence-electron chi connectivity index (χ1n) is 13.1. The van der Waals surface area contributed by atoms with Gasteiger partial charge in [-0.05, 0) is 92.4 Å². The molecule has 0 aliphatic heterocycles. The van der Waals surface area contributed by atoms with Gasteiger partial charge in [0.15, 0.2) is 0 Å². The maximum atomic E-state index is 14.0. The zero-order valence-corrected chi connectivity index (χ0v) is 25.1. The van der Waals surface area contributed by atoms with E-state index in [9.17, 15) is 18.0 Å². The molecule has 0 saturated heterocycles. The van der Waals surface area contributed by atoms with Crippen LogP contribution in [0.15, 0.2) is 71.6 Å². The van der Waals surface area contributed by atoms with Gasteiger partial charge in [0.25, 0.3) is 10.0 Å². The zero-order chi connectivity index (χ0) is 29.4. The minimum Gasteiger partial charge on any atom is -0.497 e. The summed E-state index contributed by atoms with van der Waals surface area (Å²) in [6.07, 6.45) is 0.349. The molecule has 0 unspecified atom stereocenters. The van der Waals surface area contributed by atoms with E-state index in [0.29, 0.717) is 29.4 Å². The van der Waals surface area contributed by atoms with Gasteiger partial charge in [0.05, 0.1) is 17.7 Å². The van der Waals surface area contributed by atoms with Gasteiger partial charge in [0, 0.05) is 18.1 Å². The Kier molecular flexibility index (Phi) is 10.6. The molecule has 8 nitrogen and oxygen atoms in total. The van der Waals surface area contributed by atoms with Gasteiger partial charge in [-0.3, -0.25) is 13.9 Å². The maximum absolute atomic E-state index is 14.0. The van der Waals surface area contributed by atoms with Crippen molar-refractivity contribution in [3.63, 3.8) is 0 Å². The van der Waals surface area contributed by atoms with E-state index < -0.39 is 28.5 Å². The molecule has 0 saturated carbocycles. The predicted molar refractivity (Wildman–Crippen MR) is 158 cm³/mol. The third kappa shape index (κ3) is 7.34. The summed E-state index contributed by atoms with van der Waals surface area (Å²) in [6, 6.07) is 17.4. The minimum atomic E-state index is -4.16. The van der Waals surface area contributed by atoms with E-state index in [0.717, 1.165) is 21.0 Å². The van der Waals surface area contributed by atoms with Crippen LogP contribution in [0.1, 0.15) is 37.0 Å². The van der Waals surface area contributed by atoms with Crippen LogP contribution in [0.4, 0.5) is 5.69 Å². The van der Waals surface area contributed by atoms with Gasteiger partial charge in [-0.1, -0.05) is 36.7 Å². The zero-order valence-electron chi connectivity index (χ0n) is 23.5. The monoisotopic (exact) mass is 585 g/mol. The Bertz CT molecular complexity index is 1430. The maximum Gasteiger partial charge on any atom is 0.264 e. The number of rotatable bonds is 12. The number of methoxy groups -OCH3 is 1. The van der Waals surface area contributed by atoms with Gasteiger partial charge in [0.1, 0.15) is 18.3 Å². The van der Waals surface area contributed by atoms with E-state index in [1.807, 2.05) is 39.0 Å². The van der Waals surface area contributed by atoms with Crippen LogP contribution in [0.3, 0.4) is 0 Å². The molecule has 3 aromatic carbocycles. The lowest BCUT2D eigenvalue weighted by molar-refractivity contribution is -0.140. The van der Waals surface area contributed by atoms with Crippen LogP contribution in [-0.4, -0.2) is 51.4 Å². The lowest BCUT2D eigenvalue weighted by Gasteiger charge is -2.33. The van der Waals surface area contributed by atoms with Gasteiger partial charge in [-0.15, -0.1) is 0 Å². The number of benzene rings is 3. The predicted octanol–water partition coefficient (Wildman–Crippen LogP) is 5.10. The molecular weight excluding hydrogens is 550 g/mol. The second kappa shape index (κ2) is 13.7. The summed E-state index contributed by atoms with van der Waals surface area (Å²) in [7, 11) is -2.60. The molecule has 3 rings (SSSR count). The average molecular weight is 586 g/mol. The number of carbonyl (C=O) groups excluding carboxylic acids is 2. The summed E-state index contributed by atoms with van der Waals surface area (Å²) in [5.41, 5.74) is 2.99. The standard InChI is InChI=1S/C30H36ClN3O5S/c1-6-28(30(36)32-7-2)33(19-23-9-14-26(39-5)15-10-23)29(35)20-34(25-13-8-21(3)22(4)18-25)40(37,38)27-16-11-24(31)12-17-27/h8-18,28H,6-7,19-20H2,1-5H3,(H,32,36)/t28-/m0/s1. The summed E-state index contributed by atoms with van der Waals surface area (Å²) in [6.45, 7) is 7.45. The molecular formula is C30H36ClN3O5S. The molecule has 3 aromatic rings. The molecule has 10 heteroatoms. The molecule has 0 radical (unpaired) electrons. The highest BCUT2D eigenvalue weighted by atomic mass is 35.5. The number of nitrogens with one attached hydrogen (secondary N) is 1. The van der Waals surface area contributed by atoms with E-state index in [4.69, 9.17) is 16.3 Å². The fourth-order valence-corrected chi connectivity index (χ4v) is 5.81. The molecule has 0 aliphatic carbocycles. The van der Waals surface area contributed by atoms with Crippen molar-refractivity contribution in [2.45, 2.75) is 51.6 Å². The molecule has 214 valence electrons. The van der Waals surface area contributed by atoms with E-state index in [-0.39, 0.29) is 17.3 Å². The molecule has 2 amide bonds. The van der Waals surface area contributed by atoms with Gasteiger partial charge < -0.3 is 15.0 Å². The highest BCUT2D eigenvalue weighted by molar-refractivity contribution is 7.92. The summed E-state index contributed by atoms with van der Waals surface area (Å²) in [5, 5.41) is 3.19. The van der Waals surface area contributed by atoms with Crippen LogP contribution in [0.5, 0.6) is 5.75 Å². The van der Waals surface area contributed by atoms with Gasteiger partial charge in [-0.2, -0.15) is 0 Å². The van der Waals surface area contributed by atoms with Crippen molar-refractivity contribution in [2.24, 2.45) is 0 Å². The first-order chi connectivity index (χ1) is 19.0. The van der Waals surface area contributed by atoms with Crippen LogP contribution in [0.25, 0.3) is 0 Å². The number of nitrogens with zero attached hydrogens (tertiary/aromatic N) is 2. The molecule has 0 heterocycles. The number of hydrogen-bond donors (Lipinski definition) is 1. The van der Waals surface area contributed by atoms with Gasteiger partial charge in [0.2, 0.25) is 11.8 Å². The van der Waals surface area contributed by atoms with E-state index in [1.54, 1.807) is 38.3 Å². The Morgan fingerprint density at radius 3 is 2.15 bits per heavy atom. The smallest absolute Gasteiger partial charge is 0.264 e. The Labute approximate surface area is 241 Å². The van der Waals surface area contributed by atoms with Crippen LogP contribution in [0, 0.1) is 13.8 Å². The molecule has 40 heavy (non-hydrogen) atoms. The summed E-state index contributed by atoms with van der Waals surface area (Å²) in [4.78, 5) is 28.5. The first-order valence-corrected chi connectivity index (χ1v) is 14.9. The summed E-state index contributed by atoms with van der Waals surface area (Å²) in [5.74, 6) is -0.151. The van der Waals surface area contributed by atoms with Crippen molar-refractivity contribution in [3.8, 4) is 5.75 Å². The Morgan fingerprint density at radius 2 is 1.60 bits per heavy atom. The second-order valence-corrected chi connectivity index (χ2v) is 11.7. The Morgan fingerprint density at radius 1 is 0.950 bits per heavy atom. The largest absolute Gasteiger partial charge is 0.497 e. The SMILES string of the molecule is CCNC(=O)[C@H](CC)N(Cc1ccc(OC)cc1)C(=O)CN(c1ccc(C)c(C)c1)S(=O)(=O)c1ccc(Cl)cc1. The number of anilines is 1. The quantitative estimate of drug-likeness (QED) is 0.319. The number of carbonyl (C=O) groups is 2. The molecule has 0 aliphatic rings. The van der Waals surface area contributed by atoms with Crippen LogP contribution < -0.4 is 14.4 Å². The average Bonchev–Trinajstić information content (AvgIpc) is 2.93. The van der Waals surface area contributed by atoms with Crippen molar-refractivity contribution >= 4 is 39.1 Å². The van der Waals surface area contributed by atoms with Gasteiger partial charge in [-0.25, -0.2) is 8.42 Å². The van der Waals surface area contributed by atoms with E-state index in [2.05, 4.69) is 5.32 Å². The molecule has 0 bridgehead atoms. The minimum absolute atomic E-state index is 0.000370. The fourth-order valence-electron chi connectivity index (χ4n) is 4.28. The molecule has 0 aromatic heterocycles. The number of aryl methyl sites for hydroxylation is 2. The molecule has 1 N–H and O–H groups in total. The van der Waals surface area contributed by atoms with Crippen molar-refractivity contribution in [1.82, 2.24) is 10.2 Å². The Hall–Kier alpha value is -3.56. The number of amides is 2. The topological polar surface area (TPSA) is 96.0 Å². The third-order valence-electron chi connectivity index (χ3n) is 6.71. The summed E-state index contributed by atoms with van der Waals surface area (Å²) >= 11 is 6.01. The van der Waals surface area contributed by atoms with E-state index >= 15 is 0 Å². The highest BCUT2D eigenvalue weighted by Crippen LogP contribution is 2.27. The fraction of sp³-hybridized carbons (Fsp3) is 0.333. The van der Waals surface area contributed by atoms with Crippen molar-refractivity contribution in [2.75, 3.05) is 24.5 Å². The number of hydrogen-bond acceptors (Lipinski definition) is 5. The lowest BCUT2D eigenvalue weighted by atomic mass is 10.1. The lowest BCUT2D eigenvalue weighted by Crippen LogP contribution is -2.52. The number of likely N-dealkylation sites (N-methyl/N-ethyl adjacent to an activating group) is 1. The van der Waals surface area contributed by atoms with Crippen LogP contribution in [-0.2, 0) is 26.2 Å². The number of halogens is 1. The van der Waals surface area contributed by atoms with Gasteiger partial charge >= 0.3 is 0 Å². The summed E-state index contributed by atoms with van der Waals surface area (Å²) < 4.78 is 34.2. The number of ether oxygens (including phenoxy) is 1. The second-order valence-electron chi connectivity index (χ2n) is 9.42. The van der Waals surface area contributed by atoms with Crippen molar-refractivity contribution in [1.29, 1.82) is 0 Å². The molecule has 0 spiro atoms. The first kappa shape index (κ1) is 31.0. The van der Waals surface area contributed by atoms with Crippen LogP contribution >= 0.6 is 11.6 Å². The van der Waals surface area contributed by atoms with Crippen molar-refractivity contribution < 1.29 is 22.7 Å². The normalized spacial score (nSPS) is 11.9. The van der Waals surface area contributed by atoms with Crippen LogP contribution in [0.2, 0.25) is 5.02 Å². The highest BCUT2D eigenvalue weighted by Gasteiger charge is 2.33. The number of sulfonamides is 1. The Balaban J connectivity index is 2.07.